The second-order valence-corrected chi connectivity index (χ2v) is 5.00. The zero-order chi connectivity index (χ0) is 15.9. The monoisotopic (exact) mass is 297 g/mol. The fourth-order valence-electron chi connectivity index (χ4n) is 1.78. The first-order chi connectivity index (χ1) is 10.6. The van der Waals surface area contributed by atoms with Crippen LogP contribution in [0.3, 0.4) is 0 Å². The van der Waals surface area contributed by atoms with Gasteiger partial charge in [-0.3, -0.25) is 9.78 Å². The third-order valence-electron chi connectivity index (χ3n) is 2.91. The molecule has 1 amide bonds. The Morgan fingerprint density at radius 1 is 1.36 bits per heavy atom. The zero-order valence-electron chi connectivity index (χ0n) is 12.5. The average Bonchev–Trinajstić information content (AvgIpc) is 2.52. The summed E-state index contributed by atoms with van der Waals surface area (Å²) in [7, 11) is 0. The number of amides is 1. The van der Waals surface area contributed by atoms with E-state index in [1.54, 1.807) is 24.4 Å². The summed E-state index contributed by atoms with van der Waals surface area (Å²) >= 11 is 0. The van der Waals surface area contributed by atoms with Gasteiger partial charge < -0.3 is 15.8 Å². The van der Waals surface area contributed by atoms with E-state index in [4.69, 9.17) is 10.5 Å². The van der Waals surface area contributed by atoms with E-state index in [2.05, 4.69) is 16.9 Å². The second kappa shape index (κ2) is 7.26. The molecule has 0 saturated heterocycles. The van der Waals surface area contributed by atoms with E-state index in [0.717, 1.165) is 11.3 Å². The number of carbonyl (C=O) groups excluding carboxylic acids is 1. The Balaban J connectivity index is 2.03. The maximum absolute atomic E-state index is 12.2. The van der Waals surface area contributed by atoms with E-state index >= 15 is 0 Å². The van der Waals surface area contributed by atoms with Crippen LogP contribution < -0.4 is 15.8 Å². The van der Waals surface area contributed by atoms with Gasteiger partial charge in [-0.05, 0) is 42.8 Å². The van der Waals surface area contributed by atoms with Crippen molar-refractivity contribution in [3.63, 3.8) is 0 Å². The number of hydrogen-bond acceptors (Lipinski definition) is 4. The fourth-order valence-corrected chi connectivity index (χ4v) is 1.78. The molecule has 3 N–H and O–H groups in total. The second-order valence-electron chi connectivity index (χ2n) is 5.00. The van der Waals surface area contributed by atoms with Crippen molar-refractivity contribution < 1.29 is 9.53 Å². The number of ether oxygens (including phenoxy) is 1. The van der Waals surface area contributed by atoms with Crippen LogP contribution in [0.5, 0.6) is 5.75 Å². The number of nitrogens with zero attached hydrogens (tertiary/aromatic N) is 1. The molecule has 0 bridgehead atoms. The molecule has 0 aliphatic heterocycles. The van der Waals surface area contributed by atoms with Crippen molar-refractivity contribution in [2.45, 2.75) is 13.5 Å². The van der Waals surface area contributed by atoms with Crippen LogP contribution in [0.25, 0.3) is 0 Å². The summed E-state index contributed by atoms with van der Waals surface area (Å²) in [6.07, 6.45) is 1.69. The predicted molar refractivity (Wildman–Crippen MR) is 86.6 cm³/mol. The van der Waals surface area contributed by atoms with E-state index in [0.29, 0.717) is 30.2 Å². The van der Waals surface area contributed by atoms with Crippen molar-refractivity contribution in [1.29, 1.82) is 0 Å². The summed E-state index contributed by atoms with van der Waals surface area (Å²) < 4.78 is 5.53. The SMILES string of the molecule is C=C(C)COc1cc(C(=O)NCc2ccccn2)ccc1N. The number of nitrogens with two attached hydrogens (primary N) is 1. The lowest BCUT2D eigenvalue weighted by molar-refractivity contribution is 0.0950. The molecule has 1 aromatic heterocycles. The Bertz CT molecular complexity index is 669. The predicted octanol–water partition coefficient (Wildman–Crippen LogP) is 2.55. The summed E-state index contributed by atoms with van der Waals surface area (Å²) in [5, 5.41) is 2.81. The van der Waals surface area contributed by atoms with Crippen LogP contribution >= 0.6 is 0 Å². The van der Waals surface area contributed by atoms with Crippen molar-refractivity contribution >= 4 is 11.6 Å². The Hall–Kier alpha value is -2.82. The Labute approximate surface area is 129 Å². The highest BCUT2D eigenvalue weighted by molar-refractivity contribution is 5.95. The van der Waals surface area contributed by atoms with E-state index in [9.17, 15) is 4.79 Å². The minimum absolute atomic E-state index is 0.203. The van der Waals surface area contributed by atoms with E-state index in [1.165, 1.54) is 0 Å². The molecule has 114 valence electrons. The molecule has 5 heteroatoms. The Kier molecular flexibility index (Phi) is 5.14. The van der Waals surface area contributed by atoms with E-state index < -0.39 is 0 Å². The van der Waals surface area contributed by atoms with Crippen LogP contribution in [0.2, 0.25) is 0 Å². The molecule has 0 spiro atoms. The topological polar surface area (TPSA) is 77.2 Å². The third kappa shape index (κ3) is 4.34. The van der Waals surface area contributed by atoms with Crippen molar-refractivity contribution in [2.75, 3.05) is 12.3 Å². The molecule has 0 aliphatic rings. The van der Waals surface area contributed by atoms with Gasteiger partial charge in [-0.2, -0.15) is 0 Å². The van der Waals surface area contributed by atoms with Crippen LogP contribution in [0.1, 0.15) is 23.0 Å². The summed E-state index contributed by atoms with van der Waals surface area (Å²) in [4.78, 5) is 16.3. The number of hydrogen-bond donors (Lipinski definition) is 2. The molecule has 0 fully saturated rings. The molecule has 2 aromatic rings. The molecule has 0 radical (unpaired) electrons. The fraction of sp³-hybridized carbons (Fsp3) is 0.176. The molecule has 22 heavy (non-hydrogen) atoms. The van der Waals surface area contributed by atoms with E-state index in [-0.39, 0.29) is 5.91 Å². The normalized spacial score (nSPS) is 10.0. The van der Waals surface area contributed by atoms with Crippen molar-refractivity contribution in [3.05, 3.63) is 66.0 Å². The number of rotatable bonds is 6. The Morgan fingerprint density at radius 3 is 2.86 bits per heavy atom. The molecule has 0 unspecified atom stereocenters. The molecular weight excluding hydrogens is 278 g/mol. The largest absolute Gasteiger partial charge is 0.487 e. The first kappa shape index (κ1) is 15.6. The van der Waals surface area contributed by atoms with Gasteiger partial charge in [-0.25, -0.2) is 0 Å². The maximum Gasteiger partial charge on any atom is 0.251 e. The summed E-state index contributed by atoms with van der Waals surface area (Å²) in [5.41, 5.74) is 8.50. The summed E-state index contributed by atoms with van der Waals surface area (Å²) in [5.74, 6) is 0.277. The van der Waals surface area contributed by atoms with Crippen LogP contribution in [-0.4, -0.2) is 17.5 Å². The lowest BCUT2D eigenvalue weighted by atomic mass is 10.1. The van der Waals surface area contributed by atoms with Crippen LogP contribution in [0, 0.1) is 0 Å². The number of benzene rings is 1. The summed E-state index contributed by atoms with van der Waals surface area (Å²) in [6.45, 7) is 6.36. The molecule has 5 nitrogen and oxygen atoms in total. The number of nitrogen functional groups attached to an aromatic ring is 1. The van der Waals surface area contributed by atoms with Gasteiger partial charge in [-0.15, -0.1) is 0 Å². The van der Waals surface area contributed by atoms with Gasteiger partial charge >= 0.3 is 0 Å². The van der Waals surface area contributed by atoms with Crippen LogP contribution in [0.15, 0.2) is 54.7 Å². The third-order valence-corrected chi connectivity index (χ3v) is 2.91. The highest BCUT2D eigenvalue weighted by Crippen LogP contribution is 2.23. The number of anilines is 1. The van der Waals surface area contributed by atoms with E-state index in [1.807, 2.05) is 25.1 Å². The molecule has 0 aliphatic carbocycles. The van der Waals surface area contributed by atoms with Crippen molar-refractivity contribution in [3.8, 4) is 5.75 Å². The van der Waals surface area contributed by atoms with Gasteiger partial charge in [0, 0.05) is 11.8 Å². The maximum atomic E-state index is 12.2. The molecule has 1 aromatic carbocycles. The number of aromatic nitrogens is 1. The number of pyridine rings is 1. The first-order valence-corrected chi connectivity index (χ1v) is 6.91. The smallest absolute Gasteiger partial charge is 0.251 e. The van der Waals surface area contributed by atoms with Crippen LogP contribution in [0.4, 0.5) is 5.69 Å². The van der Waals surface area contributed by atoms with Crippen LogP contribution in [-0.2, 0) is 6.54 Å². The van der Waals surface area contributed by atoms with Gasteiger partial charge in [0.25, 0.3) is 5.91 Å². The number of carbonyl (C=O) groups is 1. The molecule has 1 heterocycles. The standard InChI is InChI=1S/C17H19N3O2/c1-12(2)11-22-16-9-13(6-7-15(16)18)17(21)20-10-14-5-3-4-8-19-14/h3-9H,1,10-11,18H2,2H3,(H,20,21). The van der Waals surface area contributed by atoms with Crippen molar-refractivity contribution in [1.82, 2.24) is 10.3 Å². The lowest BCUT2D eigenvalue weighted by Gasteiger charge is -2.11. The van der Waals surface area contributed by atoms with Gasteiger partial charge in [-0.1, -0.05) is 12.6 Å². The van der Waals surface area contributed by atoms with Gasteiger partial charge in [0.05, 0.1) is 17.9 Å². The molecule has 2 rings (SSSR count). The van der Waals surface area contributed by atoms with Gasteiger partial charge in [0.1, 0.15) is 12.4 Å². The zero-order valence-corrected chi connectivity index (χ0v) is 12.5. The number of nitrogens with one attached hydrogen (secondary N) is 1. The molecule has 0 atom stereocenters. The quantitative estimate of drug-likeness (QED) is 0.634. The molecular formula is C17H19N3O2. The first-order valence-electron chi connectivity index (χ1n) is 6.91. The minimum Gasteiger partial charge on any atom is -0.487 e. The minimum atomic E-state index is -0.203. The lowest BCUT2D eigenvalue weighted by Crippen LogP contribution is -2.23. The molecule has 0 saturated carbocycles. The van der Waals surface area contributed by atoms with Crippen molar-refractivity contribution in [2.24, 2.45) is 0 Å². The highest BCUT2D eigenvalue weighted by atomic mass is 16.5. The van der Waals surface area contributed by atoms with Gasteiger partial charge in [0.2, 0.25) is 0 Å². The Morgan fingerprint density at radius 2 is 2.18 bits per heavy atom. The van der Waals surface area contributed by atoms with Gasteiger partial charge in [0.15, 0.2) is 0 Å². The average molecular weight is 297 g/mol. The summed E-state index contributed by atoms with van der Waals surface area (Å²) in [6, 6.07) is 10.5. The highest BCUT2D eigenvalue weighted by Gasteiger charge is 2.09.